The van der Waals surface area contributed by atoms with E-state index in [1.54, 1.807) is 0 Å². The molecule has 0 atom stereocenters. The van der Waals surface area contributed by atoms with Crippen LogP contribution in [0.1, 0.15) is 32.6 Å². The summed E-state index contributed by atoms with van der Waals surface area (Å²) in [5.74, 6) is -0.246. The number of unbranched alkanes of at least 4 members (excludes halogenated alkanes) is 2. The maximum Gasteiger partial charge on any atom is 0.291 e. The third-order valence-corrected chi connectivity index (χ3v) is 1.84. The lowest BCUT2D eigenvalue weighted by Gasteiger charge is -2.09. The van der Waals surface area contributed by atoms with E-state index < -0.39 is 7.59 Å². The molecule has 0 saturated heterocycles. The molecule has 0 heterocycles. The van der Waals surface area contributed by atoms with Gasteiger partial charge in [0.25, 0.3) is 7.59 Å². The van der Waals surface area contributed by atoms with E-state index in [0.29, 0.717) is 6.42 Å². The SMILES string of the molecule is CCCCCC(=O)NNP(N)(N)=O. The molecule has 0 aromatic carbocycles. The maximum atomic E-state index is 11.0. The minimum absolute atomic E-state index is 0.246. The maximum absolute atomic E-state index is 11.0. The van der Waals surface area contributed by atoms with Gasteiger partial charge in [-0.05, 0) is 6.42 Å². The predicted molar refractivity (Wildman–Crippen MR) is 51.4 cm³/mol. The van der Waals surface area contributed by atoms with Crippen molar-refractivity contribution >= 4 is 13.5 Å². The van der Waals surface area contributed by atoms with Gasteiger partial charge in [-0.1, -0.05) is 19.8 Å². The minimum atomic E-state index is -3.34. The summed E-state index contributed by atoms with van der Waals surface area (Å²) in [6, 6.07) is 0. The monoisotopic (exact) mass is 208 g/mol. The van der Waals surface area contributed by atoms with Crippen LogP contribution in [0.4, 0.5) is 0 Å². The Morgan fingerprint density at radius 3 is 2.46 bits per heavy atom. The normalized spacial score (nSPS) is 11.3. The van der Waals surface area contributed by atoms with Crippen molar-refractivity contribution in [1.82, 2.24) is 10.6 Å². The zero-order valence-electron chi connectivity index (χ0n) is 7.75. The van der Waals surface area contributed by atoms with Crippen molar-refractivity contribution in [3.63, 3.8) is 0 Å². The second-order valence-electron chi connectivity index (χ2n) is 2.83. The van der Waals surface area contributed by atoms with E-state index >= 15 is 0 Å². The first-order valence-corrected chi connectivity index (χ1v) is 6.03. The molecule has 6 N–H and O–H groups in total. The molecule has 0 aliphatic carbocycles. The summed E-state index contributed by atoms with van der Waals surface area (Å²) in [6.45, 7) is 2.05. The highest BCUT2D eigenvalue weighted by molar-refractivity contribution is 7.56. The van der Waals surface area contributed by atoms with Gasteiger partial charge in [-0.2, -0.15) is 5.20 Å². The lowest BCUT2D eigenvalue weighted by Crippen LogP contribution is -2.39. The van der Waals surface area contributed by atoms with Crippen molar-refractivity contribution in [3.8, 4) is 0 Å². The highest BCUT2D eigenvalue weighted by Crippen LogP contribution is 2.14. The van der Waals surface area contributed by atoms with Crippen LogP contribution in [-0.2, 0) is 9.36 Å². The van der Waals surface area contributed by atoms with Crippen LogP contribution in [0.5, 0.6) is 0 Å². The minimum Gasteiger partial charge on any atom is -0.284 e. The van der Waals surface area contributed by atoms with Crippen LogP contribution in [0.3, 0.4) is 0 Å². The highest BCUT2D eigenvalue weighted by Gasteiger charge is 2.08. The Labute approximate surface area is 77.9 Å². The molecule has 1 amide bonds. The Hall–Kier alpha value is -0.420. The van der Waals surface area contributed by atoms with Gasteiger partial charge in [-0.25, -0.2) is 0 Å². The Morgan fingerprint density at radius 2 is 2.00 bits per heavy atom. The molecular weight excluding hydrogens is 191 g/mol. The van der Waals surface area contributed by atoms with Crippen molar-refractivity contribution in [2.45, 2.75) is 32.6 Å². The molecule has 7 heteroatoms. The van der Waals surface area contributed by atoms with Crippen molar-refractivity contribution in [2.24, 2.45) is 11.0 Å². The van der Waals surface area contributed by atoms with E-state index in [0.717, 1.165) is 19.3 Å². The van der Waals surface area contributed by atoms with Crippen LogP contribution in [0.25, 0.3) is 0 Å². The first kappa shape index (κ1) is 12.6. The molecule has 0 unspecified atom stereocenters. The average Bonchev–Trinajstić information content (AvgIpc) is 2.00. The summed E-state index contributed by atoms with van der Waals surface area (Å²) in [4.78, 5) is 11.0. The molecular formula is C6H17N4O2P. The van der Waals surface area contributed by atoms with E-state index in [-0.39, 0.29) is 5.91 Å². The first-order valence-electron chi connectivity index (χ1n) is 4.19. The average molecular weight is 208 g/mol. The van der Waals surface area contributed by atoms with E-state index in [4.69, 9.17) is 11.0 Å². The molecule has 0 spiro atoms. The molecule has 0 radical (unpaired) electrons. The Morgan fingerprint density at radius 1 is 1.38 bits per heavy atom. The number of carbonyl (C=O) groups excluding carboxylic acids is 1. The van der Waals surface area contributed by atoms with E-state index in [1.165, 1.54) is 0 Å². The second kappa shape index (κ2) is 6.10. The Kier molecular flexibility index (Phi) is 5.90. The van der Waals surface area contributed by atoms with E-state index in [2.05, 4.69) is 10.6 Å². The van der Waals surface area contributed by atoms with Crippen molar-refractivity contribution < 1.29 is 9.36 Å². The summed E-state index contributed by atoms with van der Waals surface area (Å²) < 4.78 is 10.7. The standard InChI is InChI=1S/C6H17N4O2P/c1-2-3-4-5-6(11)9-10-13(7,8)12/h2-5H2,1H3,(H,9,11)(H5,7,8,10,12). The van der Waals surface area contributed by atoms with Gasteiger partial charge < -0.3 is 0 Å². The van der Waals surface area contributed by atoms with Crippen LogP contribution in [-0.4, -0.2) is 5.91 Å². The molecule has 0 rings (SSSR count). The highest BCUT2D eigenvalue weighted by atomic mass is 31.2. The van der Waals surface area contributed by atoms with Crippen LogP contribution in [0.2, 0.25) is 0 Å². The van der Waals surface area contributed by atoms with Gasteiger partial charge in [0.15, 0.2) is 0 Å². The Balaban J connectivity index is 3.47. The van der Waals surface area contributed by atoms with Crippen LogP contribution < -0.4 is 21.6 Å². The smallest absolute Gasteiger partial charge is 0.284 e. The number of nitrogens with two attached hydrogens (primary N) is 2. The molecule has 0 aliphatic rings. The zero-order chi connectivity index (χ0) is 10.3. The van der Waals surface area contributed by atoms with Gasteiger partial charge in [0.2, 0.25) is 5.91 Å². The fourth-order valence-electron chi connectivity index (χ4n) is 0.748. The number of hydrazine groups is 1. The number of hydrogen-bond donors (Lipinski definition) is 4. The second-order valence-corrected chi connectivity index (χ2v) is 4.47. The predicted octanol–water partition coefficient (Wildman–Crippen LogP) is 0.213. The summed E-state index contributed by atoms with van der Waals surface area (Å²) >= 11 is 0. The topological polar surface area (TPSA) is 110 Å². The van der Waals surface area contributed by atoms with E-state index in [1.807, 2.05) is 6.92 Å². The van der Waals surface area contributed by atoms with Crippen molar-refractivity contribution in [1.29, 1.82) is 0 Å². The number of carbonyl (C=O) groups is 1. The summed E-state index contributed by atoms with van der Waals surface area (Å²) in [5, 5.41) is 2.06. The summed E-state index contributed by atoms with van der Waals surface area (Å²) in [7, 11) is -3.34. The molecule has 0 aromatic rings. The number of nitrogens with one attached hydrogen (secondary N) is 2. The third kappa shape index (κ3) is 9.49. The quantitative estimate of drug-likeness (QED) is 0.283. The van der Waals surface area contributed by atoms with Crippen molar-refractivity contribution in [2.75, 3.05) is 0 Å². The van der Waals surface area contributed by atoms with E-state index in [9.17, 15) is 9.36 Å². The molecule has 0 bridgehead atoms. The third-order valence-electron chi connectivity index (χ3n) is 1.38. The molecule has 0 aliphatic heterocycles. The van der Waals surface area contributed by atoms with Gasteiger partial charge >= 0.3 is 0 Å². The van der Waals surface area contributed by atoms with Crippen LogP contribution in [0, 0.1) is 0 Å². The number of rotatable bonds is 6. The molecule has 0 saturated carbocycles. The van der Waals surface area contributed by atoms with Gasteiger partial charge in [0.05, 0.1) is 0 Å². The largest absolute Gasteiger partial charge is 0.291 e. The fourth-order valence-corrected chi connectivity index (χ4v) is 1.05. The van der Waals surface area contributed by atoms with Crippen LogP contribution >= 0.6 is 7.59 Å². The lowest BCUT2D eigenvalue weighted by atomic mass is 10.2. The van der Waals surface area contributed by atoms with Crippen molar-refractivity contribution in [3.05, 3.63) is 0 Å². The molecule has 6 nitrogen and oxygen atoms in total. The first-order chi connectivity index (χ1) is 5.95. The summed E-state index contributed by atoms with van der Waals surface area (Å²) in [6.07, 6.45) is 3.24. The zero-order valence-corrected chi connectivity index (χ0v) is 8.64. The van der Waals surface area contributed by atoms with Gasteiger partial charge in [-0.15, -0.1) is 0 Å². The molecule has 13 heavy (non-hydrogen) atoms. The molecule has 0 fully saturated rings. The van der Waals surface area contributed by atoms with Gasteiger partial charge in [0, 0.05) is 6.42 Å². The van der Waals surface area contributed by atoms with Gasteiger partial charge in [0.1, 0.15) is 0 Å². The molecule has 78 valence electrons. The fraction of sp³-hybridized carbons (Fsp3) is 0.833. The summed E-state index contributed by atoms with van der Waals surface area (Å²) in [5.41, 5.74) is 12.1. The Bertz CT molecular complexity index is 203. The number of amides is 1. The lowest BCUT2D eigenvalue weighted by molar-refractivity contribution is -0.121. The van der Waals surface area contributed by atoms with Crippen LogP contribution in [0.15, 0.2) is 0 Å². The number of hydrogen-bond acceptors (Lipinski definition) is 2. The molecule has 0 aromatic heterocycles. The van der Waals surface area contributed by atoms with Gasteiger partial charge in [-0.3, -0.25) is 25.8 Å².